The molecule has 0 radical (unpaired) electrons. The molecule has 26 heavy (non-hydrogen) atoms. The molecular weight excluding hydrogens is 334 g/mol. The summed E-state index contributed by atoms with van der Waals surface area (Å²) in [4.78, 5) is 18.8. The van der Waals surface area contributed by atoms with Crippen molar-refractivity contribution in [1.29, 1.82) is 0 Å². The summed E-state index contributed by atoms with van der Waals surface area (Å²) in [5.41, 5.74) is 5.98. The van der Waals surface area contributed by atoms with Crippen molar-refractivity contribution >= 4 is 17.2 Å². The molecule has 9 heteroatoms. The van der Waals surface area contributed by atoms with Crippen molar-refractivity contribution in [3.63, 3.8) is 0 Å². The highest BCUT2D eigenvalue weighted by Gasteiger charge is 2.08. The fourth-order valence-electron chi connectivity index (χ4n) is 2.44. The SMILES string of the molecule is CC(=NNc1cc(-n2nc(C)cc2C)ncn1)c1cccc([N+](=O)[O-])c1. The number of hydrazone groups is 1. The summed E-state index contributed by atoms with van der Waals surface area (Å²) in [5.74, 6) is 1.11. The number of nitrogens with zero attached hydrogens (tertiary/aromatic N) is 6. The number of aryl methyl sites for hydroxylation is 2. The Morgan fingerprint density at radius 3 is 2.73 bits per heavy atom. The average Bonchev–Trinajstić information content (AvgIpc) is 2.98. The van der Waals surface area contributed by atoms with Crippen LogP contribution in [-0.2, 0) is 0 Å². The normalized spacial score (nSPS) is 11.4. The van der Waals surface area contributed by atoms with E-state index in [2.05, 4.69) is 25.6 Å². The second-order valence-electron chi connectivity index (χ2n) is 5.72. The van der Waals surface area contributed by atoms with E-state index in [0.717, 1.165) is 11.4 Å². The second kappa shape index (κ2) is 7.09. The quantitative estimate of drug-likeness (QED) is 0.430. The molecule has 0 aliphatic rings. The Hall–Kier alpha value is -3.62. The third-order valence-corrected chi connectivity index (χ3v) is 3.69. The van der Waals surface area contributed by atoms with Crippen molar-refractivity contribution in [1.82, 2.24) is 19.7 Å². The molecule has 0 aliphatic heterocycles. The maximum atomic E-state index is 10.9. The highest BCUT2D eigenvalue weighted by molar-refractivity contribution is 5.99. The van der Waals surface area contributed by atoms with Crippen LogP contribution in [0.3, 0.4) is 0 Å². The largest absolute Gasteiger partial charge is 0.270 e. The van der Waals surface area contributed by atoms with Crippen molar-refractivity contribution in [2.45, 2.75) is 20.8 Å². The Morgan fingerprint density at radius 1 is 1.23 bits per heavy atom. The van der Waals surface area contributed by atoms with Gasteiger partial charge in [0.2, 0.25) is 0 Å². The lowest BCUT2D eigenvalue weighted by Crippen LogP contribution is -2.05. The standard InChI is InChI=1S/C17H17N7O2/c1-11-7-12(2)23(22-11)17-9-16(18-10-19-17)21-20-13(3)14-5-4-6-15(8-14)24(25)26/h4-10H,1-3H3,(H,18,19,21). The first-order valence-electron chi connectivity index (χ1n) is 7.85. The van der Waals surface area contributed by atoms with Gasteiger partial charge in [0.1, 0.15) is 6.33 Å². The average molecular weight is 351 g/mol. The van der Waals surface area contributed by atoms with E-state index in [0.29, 0.717) is 22.9 Å². The number of nitrogens with one attached hydrogen (secondary N) is 1. The minimum absolute atomic E-state index is 0.0194. The Balaban J connectivity index is 1.82. The van der Waals surface area contributed by atoms with Crippen LogP contribution in [0.4, 0.5) is 11.5 Å². The van der Waals surface area contributed by atoms with Gasteiger partial charge in [0, 0.05) is 29.5 Å². The second-order valence-corrected chi connectivity index (χ2v) is 5.72. The van der Waals surface area contributed by atoms with E-state index in [-0.39, 0.29) is 5.69 Å². The van der Waals surface area contributed by atoms with Crippen LogP contribution in [0, 0.1) is 24.0 Å². The number of rotatable bonds is 5. The predicted octanol–water partition coefficient (Wildman–Crippen LogP) is 3.02. The molecule has 0 aliphatic carbocycles. The number of benzene rings is 1. The van der Waals surface area contributed by atoms with Crippen molar-refractivity contribution in [3.8, 4) is 5.82 Å². The molecule has 3 rings (SSSR count). The molecule has 0 saturated heterocycles. The van der Waals surface area contributed by atoms with E-state index in [9.17, 15) is 10.1 Å². The van der Waals surface area contributed by atoms with Gasteiger partial charge >= 0.3 is 0 Å². The lowest BCUT2D eigenvalue weighted by Gasteiger charge is -2.06. The van der Waals surface area contributed by atoms with Crippen molar-refractivity contribution in [2.24, 2.45) is 5.10 Å². The molecule has 2 aromatic heterocycles. The third kappa shape index (κ3) is 3.72. The van der Waals surface area contributed by atoms with Crippen molar-refractivity contribution in [3.05, 3.63) is 69.8 Å². The number of hydrogen-bond donors (Lipinski definition) is 1. The molecule has 2 heterocycles. The monoisotopic (exact) mass is 351 g/mol. The first-order chi connectivity index (χ1) is 12.4. The Morgan fingerprint density at radius 2 is 2.04 bits per heavy atom. The van der Waals surface area contributed by atoms with Gasteiger partial charge in [0.15, 0.2) is 11.6 Å². The Bertz CT molecular complexity index is 994. The fraction of sp³-hybridized carbons (Fsp3) is 0.176. The van der Waals surface area contributed by atoms with Gasteiger partial charge < -0.3 is 0 Å². The number of hydrogen-bond acceptors (Lipinski definition) is 7. The highest BCUT2D eigenvalue weighted by atomic mass is 16.6. The van der Waals surface area contributed by atoms with Crippen LogP contribution in [0.5, 0.6) is 0 Å². The zero-order chi connectivity index (χ0) is 18.7. The molecule has 132 valence electrons. The van der Waals surface area contributed by atoms with Gasteiger partial charge in [-0.2, -0.15) is 10.2 Å². The molecule has 0 spiro atoms. The van der Waals surface area contributed by atoms with E-state index in [1.807, 2.05) is 19.9 Å². The smallest absolute Gasteiger partial charge is 0.261 e. The summed E-state index contributed by atoms with van der Waals surface area (Å²) < 4.78 is 1.72. The number of nitro groups is 1. The number of aromatic nitrogens is 4. The van der Waals surface area contributed by atoms with Crippen LogP contribution >= 0.6 is 0 Å². The molecule has 0 unspecified atom stereocenters. The van der Waals surface area contributed by atoms with Crippen molar-refractivity contribution in [2.75, 3.05) is 5.43 Å². The van der Waals surface area contributed by atoms with Gasteiger partial charge in [-0.05, 0) is 26.8 Å². The van der Waals surface area contributed by atoms with Crippen LogP contribution in [0.25, 0.3) is 5.82 Å². The predicted molar refractivity (Wildman–Crippen MR) is 97.6 cm³/mol. The van der Waals surface area contributed by atoms with E-state index < -0.39 is 4.92 Å². The lowest BCUT2D eigenvalue weighted by molar-refractivity contribution is -0.384. The van der Waals surface area contributed by atoms with Crippen LogP contribution in [0.2, 0.25) is 0 Å². The van der Waals surface area contributed by atoms with Crippen LogP contribution in [0.15, 0.2) is 47.8 Å². The number of non-ortho nitro benzene ring substituents is 1. The molecule has 1 N–H and O–H groups in total. The molecule has 3 aromatic rings. The van der Waals surface area contributed by atoms with Gasteiger partial charge in [0.05, 0.1) is 16.3 Å². The Labute approximate surface area is 149 Å². The van der Waals surface area contributed by atoms with Crippen LogP contribution < -0.4 is 5.43 Å². The molecule has 0 fully saturated rings. The first-order valence-corrected chi connectivity index (χ1v) is 7.85. The minimum atomic E-state index is -0.435. The summed E-state index contributed by atoms with van der Waals surface area (Å²) in [6, 6.07) is 9.98. The summed E-state index contributed by atoms with van der Waals surface area (Å²) >= 11 is 0. The molecule has 0 bridgehead atoms. The van der Waals surface area contributed by atoms with E-state index in [1.54, 1.807) is 29.8 Å². The summed E-state index contributed by atoms with van der Waals surface area (Å²) in [6.45, 7) is 5.62. The third-order valence-electron chi connectivity index (χ3n) is 3.69. The van der Waals surface area contributed by atoms with Crippen LogP contribution in [0.1, 0.15) is 23.9 Å². The molecular formula is C17H17N7O2. The zero-order valence-corrected chi connectivity index (χ0v) is 14.5. The van der Waals surface area contributed by atoms with E-state index >= 15 is 0 Å². The van der Waals surface area contributed by atoms with Crippen molar-refractivity contribution < 1.29 is 4.92 Å². The maximum absolute atomic E-state index is 10.9. The summed E-state index contributed by atoms with van der Waals surface area (Å²) in [6.07, 6.45) is 1.42. The fourth-order valence-corrected chi connectivity index (χ4v) is 2.44. The molecule has 0 atom stereocenters. The summed E-state index contributed by atoms with van der Waals surface area (Å²) in [5, 5.41) is 19.5. The van der Waals surface area contributed by atoms with Gasteiger partial charge in [0.25, 0.3) is 5.69 Å². The Kier molecular flexibility index (Phi) is 4.70. The number of nitro benzene ring substituents is 1. The zero-order valence-electron chi connectivity index (χ0n) is 14.5. The van der Waals surface area contributed by atoms with Gasteiger partial charge in [-0.15, -0.1) is 0 Å². The maximum Gasteiger partial charge on any atom is 0.270 e. The van der Waals surface area contributed by atoms with Gasteiger partial charge in [-0.3, -0.25) is 15.5 Å². The molecule has 9 nitrogen and oxygen atoms in total. The van der Waals surface area contributed by atoms with Crippen LogP contribution in [-0.4, -0.2) is 30.4 Å². The lowest BCUT2D eigenvalue weighted by atomic mass is 10.1. The highest BCUT2D eigenvalue weighted by Crippen LogP contribution is 2.15. The topological polar surface area (TPSA) is 111 Å². The number of anilines is 1. The van der Waals surface area contributed by atoms with Gasteiger partial charge in [-0.25, -0.2) is 14.6 Å². The molecule has 0 saturated carbocycles. The van der Waals surface area contributed by atoms with Gasteiger partial charge in [-0.1, -0.05) is 12.1 Å². The molecule has 0 amide bonds. The molecule has 1 aromatic carbocycles. The summed E-state index contributed by atoms with van der Waals surface area (Å²) in [7, 11) is 0. The minimum Gasteiger partial charge on any atom is -0.261 e. The van der Waals surface area contributed by atoms with E-state index in [4.69, 9.17) is 0 Å². The van der Waals surface area contributed by atoms with E-state index in [1.165, 1.54) is 18.5 Å². The first kappa shape index (κ1) is 17.2.